The number of unbranched alkanes of at least 4 members (excludes halogenated alkanes) is 1. The van der Waals surface area contributed by atoms with Crippen molar-refractivity contribution >= 4 is 0 Å². The molecule has 0 bridgehead atoms. The highest BCUT2D eigenvalue weighted by Gasteiger charge is 2.24. The molecule has 2 atom stereocenters. The van der Waals surface area contributed by atoms with E-state index >= 15 is 0 Å². The molecular formula is C10H20O2. The highest BCUT2D eigenvalue weighted by atomic mass is 16.5. The Hall–Kier alpha value is -0.0800. The summed E-state index contributed by atoms with van der Waals surface area (Å²) in [5, 5.41) is 0. The Kier molecular flexibility index (Phi) is 4.62. The summed E-state index contributed by atoms with van der Waals surface area (Å²) in [6.07, 6.45) is 5.54. The molecule has 1 aliphatic rings. The molecule has 0 radical (unpaired) electrons. The largest absolute Gasteiger partial charge is 0.382 e. The Labute approximate surface area is 75.2 Å². The first-order chi connectivity index (χ1) is 5.86. The van der Waals surface area contributed by atoms with Gasteiger partial charge in [0.25, 0.3) is 0 Å². The lowest BCUT2D eigenvalue weighted by atomic mass is 9.99. The summed E-state index contributed by atoms with van der Waals surface area (Å²) in [4.78, 5) is 0. The van der Waals surface area contributed by atoms with E-state index in [4.69, 9.17) is 9.47 Å². The highest BCUT2D eigenvalue weighted by molar-refractivity contribution is 4.72. The van der Waals surface area contributed by atoms with Crippen LogP contribution in [-0.4, -0.2) is 26.4 Å². The molecule has 0 spiro atoms. The summed E-state index contributed by atoms with van der Waals surface area (Å²) in [5.74, 6) is 0.796. The smallest absolute Gasteiger partial charge is 0.0811 e. The van der Waals surface area contributed by atoms with E-state index in [2.05, 4.69) is 6.92 Å². The lowest BCUT2D eigenvalue weighted by Crippen LogP contribution is -2.12. The molecule has 0 aromatic rings. The van der Waals surface area contributed by atoms with Crippen molar-refractivity contribution in [1.82, 2.24) is 0 Å². The molecule has 1 saturated heterocycles. The lowest BCUT2D eigenvalue weighted by Gasteiger charge is -2.07. The number of hydrogen-bond acceptors (Lipinski definition) is 2. The predicted molar refractivity (Wildman–Crippen MR) is 49.2 cm³/mol. The van der Waals surface area contributed by atoms with Gasteiger partial charge in [0.2, 0.25) is 0 Å². The van der Waals surface area contributed by atoms with E-state index in [-0.39, 0.29) is 0 Å². The predicted octanol–water partition coefficient (Wildman–Crippen LogP) is 2.23. The van der Waals surface area contributed by atoms with Crippen LogP contribution in [0.1, 0.15) is 32.6 Å². The van der Waals surface area contributed by atoms with E-state index in [0.29, 0.717) is 6.10 Å². The zero-order chi connectivity index (χ0) is 8.81. The van der Waals surface area contributed by atoms with Gasteiger partial charge in [0.15, 0.2) is 0 Å². The minimum atomic E-state index is 0.372. The SMILES string of the molecule is CCCCC1COC(COC)C1. The zero-order valence-electron chi connectivity index (χ0n) is 8.21. The summed E-state index contributed by atoms with van der Waals surface area (Å²) >= 11 is 0. The van der Waals surface area contributed by atoms with Crippen LogP contribution in [0.5, 0.6) is 0 Å². The Bertz CT molecular complexity index is 114. The van der Waals surface area contributed by atoms with Crippen LogP contribution in [0, 0.1) is 5.92 Å². The van der Waals surface area contributed by atoms with Crippen LogP contribution in [0.3, 0.4) is 0 Å². The number of ether oxygens (including phenoxy) is 2. The van der Waals surface area contributed by atoms with Crippen LogP contribution < -0.4 is 0 Å². The molecule has 1 heterocycles. The molecule has 12 heavy (non-hydrogen) atoms. The van der Waals surface area contributed by atoms with Gasteiger partial charge in [-0.3, -0.25) is 0 Å². The van der Waals surface area contributed by atoms with E-state index in [1.807, 2.05) is 0 Å². The average molecular weight is 172 g/mol. The van der Waals surface area contributed by atoms with Crippen molar-refractivity contribution in [3.63, 3.8) is 0 Å². The first kappa shape index (κ1) is 10.0. The Morgan fingerprint density at radius 1 is 1.50 bits per heavy atom. The molecule has 0 aromatic carbocycles. The van der Waals surface area contributed by atoms with Crippen LogP contribution in [0.2, 0.25) is 0 Å². The molecule has 2 heteroatoms. The van der Waals surface area contributed by atoms with Crippen molar-refractivity contribution in [2.24, 2.45) is 5.92 Å². The molecule has 0 amide bonds. The summed E-state index contributed by atoms with van der Waals surface area (Å²) in [5.41, 5.74) is 0. The maximum Gasteiger partial charge on any atom is 0.0811 e. The van der Waals surface area contributed by atoms with Crippen molar-refractivity contribution in [3.05, 3.63) is 0 Å². The topological polar surface area (TPSA) is 18.5 Å². The number of rotatable bonds is 5. The number of methoxy groups -OCH3 is 1. The summed E-state index contributed by atoms with van der Waals surface area (Å²) in [6.45, 7) is 3.96. The zero-order valence-corrected chi connectivity index (χ0v) is 8.21. The van der Waals surface area contributed by atoms with Crippen LogP contribution in [-0.2, 0) is 9.47 Å². The second kappa shape index (κ2) is 5.55. The van der Waals surface area contributed by atoms with Gasteiger partial charge in [-0.15, -0.1) is 0 Å². The molecule has 72 valence electrons. The Morgan fingerprint density at radius 3 is 3.00 bits per heavy atom. The van der Waals surface area contributed by atoms with Crippen LogP contribution in [0.25, 0.3) is 0 Å². The molecule has 1 fully saturated rings. The second-order valence-electron chi connectivity index (χ2n) is 3.65. The summed E-state index contributed by atoms with van der Waals surface area (Å²) in [7, 11) is 1.74. The molecule has 2 nitrogen and oxygen atoms in total. The first-order valence-electron chi connectivity index (χ1n) is 4.97. The fraction of sp³-hybridized carbons (Fsp3) is 1.00. The summed E-state index contributed by atoms with van der Waals surface area (Å²) < 4.78 is 10.6. The first-order valence-corrected chi connectivity index (χ1v) is 4.97. The van der Waals surface area contributed by atoms with Gasteiger partial charge in [-0.1, -0.05) is 19.8 Å². The van der Waals surface area contributed by atoms with Crippen molar-refractivity contribution in [2.75, 3.05) is 20.3 Å². The van der Waals surface area contributed by atoms with Crippen LogP contribution in [0.15, 0.2) is 0 Å². The number of hydrogen-bond donors (Lipinski definition) is 0. The Morgan fingerprint density at radius 2 is 2.33 bits per heavy atom. The third kappa shape index (κ3) is 3.11. The van der Waals surface area contributed by atoms with Crippen LogP contribution in [0.4, 0.5) is 0 Å². The van der Waals surface area contributed by atoms with E-state index in [0.717, 1.165) is 19.1 Å². The molecule has 0 aliphatic carbocycles. The van der Waals surface area contributed by atoms with Gasteiger partial charge in [-0.2, -0.15) is 0 Å². The molecule has 0 aromatic heterocycles. The lowest BCUT2D eigenvalue weighted by molar-refractivity contribution is 0.0367. The van der Waals surface area contributed by atoms with Crippen molar-refractivity contribution in [2.45, 2.75) is 38.7 Å². The van der Waals surface area contributed by atoms with Gasteiger partial charge in [0, 0.05) is 13.7 Å². The standard InChI is InChI=1S/C10H20O2/c1-3-4-5-9-6-10(8-11-2)12-7-9/h9-10H,3-8H2,1-2H3. The average Bonchev–Trinajstić information content (AvgIpc) is 2.50. The monoisotopic (exact) mass is 172 g/mol. The van der Waals surface area contributed by atoms with Crippen molar-refractivity contribution in [3.8, 4) is 0 Å². The van der Waals surface area contributed by atoms with E-state index in [1.165, 1.54) is 25.7 Å². The molecular weight excluding hydrogens is 152 g/mol. The van der Waals surface area contributed by atoms with E-state index < -0.39 is 0 Å². The summed E-state index contributed by atoms with van der Waals surface area (Å²) in [6, 6.07) is 0. The van der Waals surface area contributed by atoms with Gasteiger partial charge in [-0.05, 0) is 18.8 Å². The normalized spacial score (nSPS) is 29.5. The van der Waals surface area contributed by atoms with Crippen LogP contribution >= 0.6 is 0 Å². The highest BCUT2D eigenvalue weighted by Crippen LogP contribution is 2.24. The van der Waals surface area contributed by atoms with Gasteiger partial charge in [0.1, 0.15) is 0 Å². The maximum atomic E-state index is 5.58. The van der Waals surface area contributed by atoms with E-state index in [1.54, 1.807) is 7.11 Å². The van der Waals surface area contributed by atoms with E-state index in [9.17, 15) is 0 Å². The maximum absolute atomic E-state index is 5.58. The third-order valence-electron chi connectivity index (χ3n) is 2.48. The van der Waals surface area contributed by atoms with Gasteiger partial charge in [-0.25, -0.2) is 0 Å². The fourth-order valence-electron chi connectivity index (χ4n) is 1.78. The minimum absolute atomic E-state index is 0.372. The van der Waals surface area contributed by atoms with Crippen molar-refractivity contribution < 1.29 is 9.47 Å². The van der Waals surface area contributed by atoms with Crippen molar-refractivity contribution in [1.29, 1.82) is 0 Å². The van der Waals surface area contributed by atoms with Gasteiger partial charge in [0.05, 0.1) is 12.7 Å². The Balaban J connectivity index is 2.08. The molecule has 1 aliphatic heterocycles. The van der Waals surface area contributed by atoms with Gasteiger partial charge < -0.3 is 9.47 Å². The molecule has 2 unspecified atom stereocenters. The third-order valence-corrected chi connectivity index (χ3v) is 2.48. The molecule has 0 saturated carbocycles. The van der Waals surface area contributed by atoms with Gasteiger partial charge >= 0.3 is 0 Å². The molecule has 0 N–H and O–H groups in total. The second-order valence-corrected chi connectivity index (χ2v) is 3.65. The fourth-order valence-corrected chi connectivity index (χ4v) is 1.78. The quantitative estimate of drug-likeness (QED) is 0.633. The molecule has 1 rings (SSSR count). The minimum Gasteiger partial charge on any atom is -0.382 e.